The molecule has 0 unspecified atom stereocenters. The third kappa shape index (κ3) is 3.25. The van der Waals surface area contributed by atoms with E-state index in [0.29, 0.717) is 28.3 Å². The molecule has 0 aliphatic carbocycles. The number of fused-ring (bicyclic) bond motifs is 1. The van der Waals surface area contributed by atoms with Crippen molar-refractivity contribution < 1.29 is 8.42 Å². The Balaban J connectivity index is 2.07. The summed E-state index contributed by atoms with van der Waals surface area (Å²) in [5.41, 5.74) is 1.53. The van der Waals surface area contributed by atoms with Gasteiger partial charge in [0.15, 0.2) is 0 Å². The van der Waals surface area contributed by atoms with Crippen molar-refractivity contribution in [1.82, 2.24) is 9.29 Å². The van der Waals surface area contributed by atoms with Crippen molar-refractivity contribution in [2.45, 2.75) is 18.4 Å². The van der Waals surface area contributed by atoms with E-state index in [9.17, 15) is 13.2 Å². The molecule has 1 N–H and O–H groups in total. The van der Waals surface area contributed by atoms with E-state index >= 15 is 0 Å². The zero-order valence-electron chi connectivity index (χ0n) is 12.8. The van der Waals surface area contributed by atoms with E-state index in [1.165, 1.54) is 12.1 Å². The number of nitrogens with one attached hydrogen (secondary N) is 1. The van der Waals surface area contributed by atoms with Crippen LogP contribution in [0.15, 0.2) is 52.2 Å². The minimum Gasteiger partial charge on any atom is -0.294 e. The Morgan fingerprint density at radius 1 is 1.21 bits per heavy atom. The van der Waals surface area contributed by atoms with Crippen LogP contribution in [0, 0.1) is 0 Å². The number of rotatable bonds is 5. The van der Waals surface area contributed by atoms with E-state index in [2.05, 4.69) is 4.72 Å². The molecule has 3 aromatic rings. The van der Waals surface area contributed by atoms with Gasteiger partial charge in [0.1, 0.15) is 0 Å². The van der Waals surface area contributed by atoms with E-state index in [0.717, 1.165) is 16.9 Å². The van der Waals surface area contributed by atoms with Gasteiger partial charge in [0.05, 0.1) is 21.7 Å². The highest BCUT2D eigenvalue weighted by Crippen LogP contribution is 2.24. The predicted octanol–water partition coefficient (Wildman–Crippen LogP) is 3.06. The summed E-state index contributed by atoms with van der Waals surface area (Å²) in [4.78, 5) is 12.3. The smallest absolute Gasteiger partial charge is 0.294 e. The summed E-state index contributed by atoms with van der Waals surface area (Å²) in [6.07, 6.45) is 0. The lowest BCUT2D eigenvalue weighted by molar-refractivity contribution is 0.584. The summed E-state index contributed by atoms with van der Waals surface area (Å²) in [6.45, 7) is 2.37. The Morgan fingerprint density at radius 2 is 1.96 bits per heavy atom. The van der Waals surface area contributed by atoms with Crippen molar-refractivity contribution >= 4 is 43.2 Å². The minimum absolute atomic E-state index is 0.150. The lowest BCUT2D eigenvalue weighted by atomic mass is 10.2. The highest BCUT2D eigenvalue weighted by Gasteiger charge is 2.16. The highest BCUT2D eigenvalue weighted by atomic mass is 35.5. The maximum atomic E-state index is 12.3. The largest absolute Gasteiger partial charge is 0.308 e. The molecule has 24 heavy (non-hydrogen) atoms. The molecular weight excluding hydrogens is 368 g/mol. The van der Waals surface area contributed by atoms with Gasteiger partial charge in [-0.05, 0) is 29.8 Å². The number of nitrogens with zero attached hydrogens (tertiary/aromatic N) is 1. The maximum absolute atomic E-state index is 12.3. The summed E-state index contributed by atoms with van der Waals surface area (Å²) < 4.78 is 28.9. The molecule has 1 heterocycles. The molecular formula is C16H15ClN2O3S2. The van der Waals surface area contributed by atoms with Crippen molar-refractivity contribution in [1.29, 1.82) is 0 Å². The molecule has 0 atom stereocenters. The zero-order valence-corrected chi connectivity index (χ0v) is 15.2. The molecule has 1 aromatic heterocycles. The summed E-state index contributed by atoms with van der Waals surface area (Å²) in [5.74, 6) is 0. The molecule has 0 radical (unpaired) electrons. The van der Waals surface area contributed by atoms with Crippen molar-refractivity contribution in [3.63, 3.8) is 0 Å². The van der Waals surface area contributed by atoms with Crippen LogP contribution in [0.25, 0.3) is 10.2 Å². The van der Waals surface area contributed by atoms with Crippen LogP contribution in [0.2, 0.25) is 5.02 Å². The molecule has 0 aliphatic rings. The molecule has 0 aliphatic heterocycles. The van der Waals surface area contributed by atoms with Crippen LogP contribution in [-0.2, 0) is 16.6 Å². The van der Waals surface area contributed by atoms with Crippen LogP contribution < -0.4 is 9.60 Å². The van der Waals surface area contributed by atoms with E-state index in [4.69, 9.17) is 11.6 Å². The number of thiazole rings is 1. The fourth-order valence-corrected chi connectivity index (χ4v) is 4.70. The first-order chi connectivity index (χ1) is 11.4. The number of hydrogen-bond donors (Lipinski definition) is 1. The second-order valence-electron chi connectivity index (χ2n) is 5.18. The van der Waals surface area contributed by atoms with Gasteiger partial charge < -0.3 is 0 Å². The first-order valence-corrected chi connectivity index (χ1v) is 9.96. The van der Waals surface area contributed by atoms with Crippen molar-refractivity contribution in [3.8, 4) is 0 Å². The van der Waals surface area contributed by atoms with Gasteiger partial charge in [0, 0.05) is 11.6 Å². The molecule has 126 valence electrons. The Hall–Kier alpha value is -1.67. The van der Waals surface area contributed by atoms with Crippen LogP contribution in [0.5, 0.6) is 0 Å². The third-order valence-electron chi connectivity index (χ3n) is 3.57. The number of aromatic nitrogens is 1. The van der Waals surface area contributed by atoms with Gasteiger partial charge in [-0.3, -0.25) is 9.36 Å². The molecule has 8 heteroatoms. The zero-order chi connectivity index (χ0) is 17.3. The topological polar surface area (TPSA) is 68.2 Å². The van der Waals surface area contributed by atoms with Crippen LogP contribution in [0.4, 0.5) is 0 Å². The number of sulfonamides is 1. The maximum Gasteiger partial charge on any atom is 0.308 e. The monoisotopic (exact) mass is 382 g/mol. The second kappa shape index (κ2) is 6.68. The van der Waals surface area contributed by atoms with Crippen LogP contribution in [-0.4, -0.2) is 19.5 Å². The normalized spacial score (nSPS) is 11.9. The van der Waals surface area contributed by atoms with Gasteiger partial charge in [0.25, 0.3) is 0 Å². The standard InChI is InChI=1S/C16H15ClN2O3S2/c1-2-18-24(21,22)12-7-8-14-15(9-12)23-16(20)19(14)10-11-5-3-4-6-13(11)17/h3-9,18H,2,10H2,1H3. The van der Waals surface area contributed by atoms with Crippen molar-refractivity contribution in [2.24, 2.45) is 0 Å². The fourth-order valence-electron chi connectivity index (χ4n) is 2.43. The SMILES string of the molecule is CCNS(=O)(=O)c1ccc2c(c1)sc(=O)n2Cc1ccccc1Cl. The quantitative estimate of drug-likeness (QED) is 0.737. The highest BCUT2D eigenvalue weighted by molar-refractivity contribution is 7.89. The minimum atomic E-state index is -3.55. The predicted molar refractivity (Wildman–Crippen MR) is 97.5 cm³/mol. The summed E-state index contributed by atoms with van der Waals surface area (Å²) in [5, 5.41) is 0.593. The molecule has 0 saturated carbocycles. The van der Waals surface area contributed by atoms with Gasteiger partial charge in [-0.1, -0.05) is 48.1 Å². The van der Waals surface area contributed by atoms with Gasteiger partial charge in [0.2, 0.25) is 10.0 Å². The van der Waals surface area contributed by atoms with Crippen LogP contribution >= 0.6 is 22.9 Å². The summed E-state index contributed by atoms with van der Waals surface area (Å²) in [6, 6.07) is 12.0. The van der Waals surface area contributed by atoms with Gasteiger partial charge >= 0.3 is 4.87 Å². The Kier molecular flexibility index (Phi) is 4.78. The molecule has 5 nitrogen and oxygen atoms in total. The van der Waals surface area contributed by atoms with E-state index in [1.807, 2.05) is 18.2 Å². The van der Waals surface area contributed by atoms with Crippen molar-refractivity contribution in [3.05, 3.63) is 62.7 Å². The number of benzene rings is 2. The molecule has 0 saturated heterocycles. The Bertz CT molecular complexity index is 1050. The molecule has 3 rings (SSSR count). The third-order valence-corrected chi connectivity index (χ3v) is 6.42. The summed E-state index contributed by atoms with van der Waals surface area (Å²) >= 11 is 7.19. The summed E-state index contributed by atoms with van der Waals surface area (Å²) in [7, 11) is -3.55. The lowest BCUT2D eigenvalue weighted by Gasteiger charge is -2.07. The van der Waals surface area contributed by atoms with Crippen LogP contribution in [0.3, 0.4) is 0 Å². The van der Waals surface area contributed by atoms with Gasteiger partial charge in [-0.25, -0.2) is 13.1 Å². The lowest BCUT2D eigenvalue weighted by Crippen LogP contribution is -2.23. The van der Waals surface area contributed by atoms with Gasteiger partial charge in [-0.2, -0.15) is 0 Å². The number of hydrogen-bond acceptors (Lipinski definition) is 4. The molecule has 0 amide bonds. The van der Waals surface area contributed by atoms with Gasteiger partial charge in [-0.15, -0.1) is 0 Å². The second-order valence-corrected chi connectivity index (χ2v) is 8.34. The first kappa shape index (κ1) is 17.2. The average Bonchev–Trinajstić information content (AvgIpc) is 2.84. The van der Waals surface area contributed by atoms with Crippen molar-refractivity contribution in [2.75, 3.05) is 6.54 Å². The fraction of sp³-hybridized carbons (Fsp3) is 0.188. The Labute approximate surface area is 148 Å². The van der Waals surface area contributed by atoms with E-state index < -0.39 is 10.0 Å². The van der Waals surface area contributed by atoms with E-state index in [-0.39, 0.29) is 9.77 Å². The van der Waals surface area contributed by atoms with Crippen LogP contribution in [0.1, 0.15) is 12.5 Å². The molecule has 0 spiro atoms. The number of halogens is 1. The van der Waals surface area contributed by atoms with E-state index in [1.54, 1.807) is 23.6 Å². The molecule has 0 fully saturated rings. The molecule has 2 aromatic carbocycles. The Morgan fingerprint density at radius 3 is 2.67 bits per heavy atom. The first-order valence-electron chi connectivity index (χ1n) is 7.29. The average molecular weight is 383 g/mol. The molecule has 0 bridgehead atoms.